The number of anilines is 1. The third-order valence-corrected chi connectivity index (χ3v) is 3.34. The molecule has 0 fully saturated rings. The predicted molar refractivity (Wildman–Crippen MR) is 76.7 cm³/mol. The number of hydrogen-bond acceptors (Lipinski definition) is 3. The Balaban J connectivity index is 2.19. The van der Waals surface area contributed by atoms with Crippen molar-refractivity contribution < 1.29 is 13.3 Å². The van der Waals surface area contributed by atoms with Crippen LogP contribution in [0.5, 0.6) is 0 Å². The summed E-state index contributed by atoms with van der Waals surface area (Å²) in [6, 6.07) is 9.61. The molecule has 3 nitrogen and oxygen atoms in total. The molecule has 0 saturated heterocycles. The summed E-state index contributed by atoms with van der Waals surface area (Å²) in [5, 5.41) is 3.90. The van der Waals surface area contributed by atoms with Crippen molar-refractivity contribution in [3.63, 3.8) is 0 Å². The molecule has 1 aromatic heterocycles. The van der Waals surface area contributed by atoms with Crippen molar-refractivity contribution in [3.05, 3.63) is 59.1 Å². The van der Waals surface area contributed by atoms with Gasteiger partial charge in [-0.3, -0.25) is 0 Å². The number of rotatable bonds is 2. The molecule has 3 aromatic rings. The average Bonchev–Trinajstić information content (AvgIpc) is 2.82. The summed E-state index contributed by atoms with van der Waals surface area (Å²) in [4.78, 5) is 0. The number of hydrogen-bond donors (Lipinski definition) is 1. The minimum atomic E-state index is -0.456. The minimum absolute atomic E-state index is 0.128. The Kier molecular flexibility index (Phi) is 3.35. The molecule has 6 heteroatoms. The number of halogens is 3. The van der Waals surface area contributed by atoms with Gasteiger partial charge in [0.15, 0.2) is 11.6 Å². The molecule has 21 heavy (non-hydrogen) atoms. The predicted octanol–water partition coefficient (Wildman–Crippen LogP) is 4.52. The van der Waals surface area contributed by atoms with Gasteiger partial charge >= 0.3 is 0 Å². The SMILES string of the molecule is Nc1noc(-c2ccc(F)cc2)c1-c1ccc(F)cc1Cl. The van der Waals surface area contributed by atoms with Gasteiger partial charge in [-0.05, 0) is 42.5 Å². The summed E-state index contributed by atoms with van der Waals surface area (Å²) in [5.41, 5.74) is 7.36. The third kappa shape index (κ3) is 2.48. The van der Waals surface area contributed by atoms with Crippen LogP contribution in [-0.2, 0) is 0 Å². The topological polar surface area (TPSA) is 52.0 Å². The monoisotopic (exact) mass is 306 g/mol. The first-order valence-corrected chi connectivity index (χ1v) is 6.40. The standard InChI is InChI=1S/C15H9ClF2N2O/c16-12-7-10(18)5-6-11(12)13-14(21-20-15(13)19)8-1-3-9(17)4-2-8/h1-7H,(H2,19,20). The highest BCUT2D eigenvalue weighted by molar-refractivity contribution is 6.33. The van der Waals surface area contributed by atoms with Gasteiger partial charge in [0.05, 0.1) is 10.6 Å². The largest absolute Gasteiger partial charge is 0.380 e. The van der Waals surface area contributed by atoms with E-state index in [2.05, 4.69) is 5.16 Å². The molecule has 0 atom stereocenters. The van der Waals surface area contributed by atoms with E-state index in [4.69, 9.17) is 21.9 Å². The highest BCUT2D eigenvalue weighted by atomic mass is 35.5. The van der Waals surface area contributed by atoms with Crippen LogP contribution in [-0.4, -0.2) is 5.16 Å². The Morgan fingerprint density at radius 2 is 1.67 bits per heavy atom. The van der Waals surface area contributed by atoms with Crippen molar-refractivity contribution in [2.24, 2.45) is 0 Å². The van der Waals surface area contributed by atoms with E-state index in [-0.39, 0.29) is 16.7 Å². The summed E-state index contributed by atoms with van der Waals surface area (Å²) >= 11 is 6.05. The van der Waals surface area contributed by atoms with Crippen molar-refractivity contribution >= 4 is 17.4 Å². The second-order valence-electron chi connectivity index (χ2n) is 4.40. The number of nitrogen functional groups attached to an aromatic ring is 1. The van der Waals surface area contributed by atoms with Gasteiger partial charge in [-0.25, -0.2) is 8.78 Å². The maximum Gasteiger partial charge on any atom is 0.176 e. The molecule has 2 N–H and O–H groups in total. The zero-order chi connectivity index (χ0) is 15.0. The van der Waals surface area contributed by atoms with Crippen LogP contribution in [0.25, 0.3) is 22.5 Å². The Morgan fingerprint density at radius 3 is 2.33 bits per heavy atom. The van der Waals surface area contributed by atoms with Crippen molar-refractivity contribution in [2.75, 3.05) is 5.73 Å². The van der Waals surface area contributed by atoms with Crippen LogP contribution < -0.4 is 5.73 Å². The number of nitrogens with zero attached hydrogens (tertiary/aromatic N) is 1. The van der Waals surface area contributed by atoms with Crippen LogP contribution in [0.15, 0.2) is 47.0 Å². The van der Waals surface area contributed by atoms with E-state index in [0.717, 1.165) is 0 Å². The quantitative estimate of drug-likeness (QED) is 0.757. The number of nitrogens with two attached hydrogens (primary N) is 1. The van der Waals surface area contributed by atoms with E-state index < -0.39 is 5.82 Å². The van der Waals surface area contributed by atoms with Crippen LogP contribution in [0, 0.1) is 11.6 Å². The molecule has 0 bridgehead atoms. The van der Waals surface area contributed by atoms with Gasteiger partial charge < -0.3 is 10.3 Å². The van der Waals surface area contributed by atoms with Gasteiger partial charge in [-0.1, -0.05) is 16.8 Å². The fourth-order valence-electron chi connectivity index (χ4n) is 2.05. The third-order valence-electron chi connectivity index (χ3n) is 3.03. The zero-order valence-corrected chi connectivity index (χ0v) is 11.4. The summed E-state index contributed by atoms with van der Waals surface area (Å²) in [6.07, 6.45) is 0. The van der Waals surface area contributed by atoms with Crippen molar-refractivity contribution in [2.45, 2.75) is 0 Å². The number of aromatic nitrogens is 1. The van der Waals surface area contributed by atoms with Gasteiger partial charge in [0.2, 0.25) is 0 Å². The molecule has 3 rings (SSSR count). The van der Waals surface area contributed by atoms with E-state index in [9.17, 15) is 8.78 Å². The molecule has 0 unspecified atom stereocenters. The lowest BCUT2D eigenvalue weighted by molar-refractivity contribution is 0.436. The van der Waals surface area contributed by atoms with E-state index in [1.165, 1.54) is 42.5 Å². The molecule has 1 heterocycles. The smallest absolute Gasteiger partial charge is 0.176 e. The van der Waals surface area contributed by atoms with Gasteiger partial charge in [0.1, 0.15) is 11.6 Å². The summed E-state index contributed by atoms with van der Waals surface area (Å²) in [6.45, 7) is 0. The Bertz CT molecular complexity index is 800. The average molecular weight is 307 g/mol. The lowest BCUT2D eigenvalue weighted by atomic mass is 10.0. The van der Waals surface area contributed by atoms with Gasteiger partial charge in [-0.15, -0.1) is 0 Å². The minimum Gasteiger partial charge on any atom is -0.380 e. The lowest BCUT2D eigenvalue weighted by Gasteiger charge is -2.05. The lowest BCUT2D eigenvalue weighted by Crippen LogP contribution is -1.90. The summed E-state index contributed by atoms with van der Waals surface area (Å²) in [5.74, 6) is -0.349. The van der Waals surface area contributed by atoms with Crippen LogP contribution >= 0.6 is 11.6 Å². The Labute approximate surface area is 123 Å². The normalized spacial score (nSPS) is 10.8. The molecule has 0 spiro atoms. The first-order valence-electron chi connectivity index (χ1n) is 6.03. The molecule has 0 saturated carbocycles. The highest BCUT2D eigenvalue weighted by Gasteiger charge is 2.20. The molecule has 0 aliphatic heterocycles. The summed E-state index contributed by atoms with van der Waals surface area (Å²) < 4.78 is 31.4. The molecule has 0 amide bonds. The van der Waals surface area contributed by atoms with Crippen LogP contribution in [0.1, 0.15) is 0 Å². The zero-order valence-electron chi connectivity index (χ0n) is 10.6. The molecular formula is C15H9ClF2N2O. The maximum absolute atomic E-state index is 13.2. The molecule has 106 valence electrons. The molecule has 0 aliphatic rings. The van der Waals surface area contributed by atoms with Crippen molar-refractivity contribution in [1.29, 1.82) is 0 Å². The van der Waals surface area contributed by atoms with E-state index >= 15 is 0 Å². The van der Waals surface area contributed by atoms with E-state index in [1.54, 1.807) is 0 Å². The van der Waals surface area contributed by atoms with Gasteiger partial charge in [-0.2, -0.15) is 0 Å². The second-order valence-corrected chi connectivity index (χ2v) is 4.81. The van der Waals surface area contributed by atoms with E-state index in [0.29, 0.717) is 22.5 Å². The summed E-state index contributed by atoms with van der Waals surface area (Å²) in [7, 11) is 0. The molecule has 2 aromatic carbocycles. The fourth-order valence-corrected chi connectivity index (χ4v) is 2.31. The van der Waals surface area contributed by atoms with Crippen LogP contribution in [0.3, 0.4) is 0 Å². The maximum atomic E-state index is 13.2. The first-order chi connectivity index (χ1) is 10.1. The molecular weight excluding hydrogens is 298 g/mol. The molecule has 0 radical (unpaired) electrons. The second kappa shape index (κ2) is 5.18. The Hall–Kier alpha value is -2.40. The van der Waals surface area contributed by atoms with Crippen LogP contribution in [0.2, 0.25) is 5.02 Å². The van der Waals surface area contributed by atoms with Crippen molar-refractivity contribution in [3.8, 4) is 22.5 Å². The highest BCUT2D eigenvalue weighted by Crippen LogP contribution is 2.39. The van der Waals surface area contributed by atoms with Crippen LogP contribution in [0.4, 0.5) is 14.6 Å². The van der Waals surface area contributed by atoms with Gasteiger partial charge in [0.25, 0.3) is 0 Å². The molecule has 0 aliphatic carbocycles. The number of benzene rings is 2. The first kappa shape index (κ1) is 13.6. The Morgan fingerprint density at radius 1 is 1.00 bits per heavy atom. The van der Waals surface area contributed by atoms with E-state index in [1.807, 2.05) is 0 Å². The van der Waals surface area contributed by atoms with Crippen molar-refractivity contribution in [1.82, 2.24) is 5.16 Å². The van der Waals surface area contributed by atoms with Gasteiger partial charge in [0, 0.05) is 11.1 Å². The fraction of sp³-hybridized carbons (Fsp3) is 0.